The van der Waals surface area contributed by atoms with Gasteiger partial charge in [-0.2, -0.15) is 13.5 Å². The van der Waals surface area contributed by atoms with E-state index >= 15 is 0 Å². The first-order chi connectivity index (χ1) is 8.40. The van der Waals surface area contributed by atoms with Crippen LogP contribution in [0.15, 0.2) is 35.5 Å². The van der Waals surface area contributed by atoms with Crippen LogP contribution in [-0.2, 0) is 17.1 Å². The van der Waals surface area contributed by atoms with Crippen molar-refractivity contribution in [1.29, 1.82) is 0 Å². The minimum Gasteiger partial charge on any atom is -0.278 e. The molecule has 96 valence electrons. The minimum absolute atomic E-state index is 0.0530. The fourth-order valence-corrected chi connectivity index (χ4v) is 3.50. The van der Waals surface area contributed by atoms with Crippen molar-refractivity contribution >= 4 is 49.9 Å². The summed E-state index contributed by atoms with van der Waals surface area (Å²) in [5.41, 5.74) is 0.479. The van der Waals surface area contributed by atoms with Gasteiger partial charge in [0.1, 0.15) is 0 Å². The van der Waals surface area contributed by atoms with Crippen LogP contribution in [0.5, 0.6) is 0 Å². The van der Waals surface area contributed by atoms with Gasteiger partial charge in [0, 0.05) is 16.3 Å². The van der Waals surface area contributed by atoms with E-state index in [2.05, 4.69) is 32.4 Å². The van der Waals surface area contributed by atoms with Gasteiger partial charge >= 0.3 is 0 Å². The number of halogens is 2. The van der Waals surface area contributed by atoms with Gasteiger partial charge in [0.15, 0.2) is 5.03 Å². The molecule has 0 aliphatic carbocycles. The molecule has 0 spiro atoms. The fourth-order valence-electron chi connectivity index (χ4n) is 1.42. The van der Waals surface area contributed by atoms with Crippen LogP contribution in [0, 0.1) is 3.57 Å². The lowest BCUT2D eigenvalue weighted by Gasteiger charge is -2.08. The number of aromatic nitrogens is 2. The molecule has 1 aromatic heterocycles. The van der Waals surface area contributed by atoms with E-state index in [0.717, 1.165) is 3.57 Å². The topological polar surface area (TPSA) is 64.0 Å². The molecule has 2 rings (SSSR count). The summed E-state index contributed by atoms with van der Waals surface area (Å²) < 4.78 is 29.0. The van der Waals surface area contributed by atoms with Crippen molar-refractivity contribution in [2.75, 3.05) is 4.72 Å². The number of nitrogens with one attached hydrogen (secondary N) is 1. The molecule has 1 heterocycles. The molecule has 0 radical (unpaired) electrons. The SMILES string of the molecule is Cn1ncc(Cl)c1S(=O)(=O)Nc1ccc(I)cc1. The highest BCUT2D eigenvalue weighted by Crippen LogP contribution is 2.23. The Hall–Kier alpha value is -0.800. The highest BCUT2D eigenvalue weighted by molar-refractivity contribution is 14.1. The molecule has 2 aromatic rings. The molecule has 0 bridgehead atoms. The summed E-state index contributed by atoms with van der Waals surface area (Å²) in [6.45, 7) is 0. The average Bonchev–Trinajstić information content (AvgIpc) is 2.62. The summed E-state index contributed by atoms with van der Waals surface area (Å²) in [5.74, 6) is 0. The number of aryl methyl sites for hydroxylation is 1. The standard InChI is InChI=1S/C10H9ClIN3O2S/c1-15-10(9(11)6-13-15)18(16,17)14-8-4-2-7(12)3-5-8/h2-6,14H,1H3. The maximum atomic E-state index is 12.1. The third-order valence-electron chi connectivity index (χ3n) is 2.19. The quantitative estimate of drug-likeness (QED) is 0.809. The predicted molar refractivity (Wildman–Crippen MR) is 78.2 cm³/mol. The maximum absolute atomic E-state index is 12.1. The van der Waals surface area contributed by atoms with Crippen molar-refractivity contribution < 1.29 is 8.42 Å². The van der Waals surface area contributed by atoms with Crippen LogP contribution in [0.1, 0.15) is 0 Å². The van der Waals surface area contributed by atoms with Crippen LogP contribution in [0.3, 0.4) is 0 Å². The smallest absolute Gasteiger partial charge is 0.278 e. The number of rotatable bonds is 3. The van der Waals surface area contributed by atoms with Gasteiger partial charge in [0.2, 0.25) is 0 Å². The molecule has 1 aromatic carbocycles. The second-order valence-electron chi connectivity index (χ2n) is 3.53. The Morgan fingerprint density at radius 2 is 1.94 bits per heavy atom. The van der Waals surface area contributed by atoms with E-state index in [0.29, 0.717) is 5.69 Å². The second kappa shape index (κ2) is 5.06. The molecule has 0 unspecified atom stereocenters. The van der Waals surface area contributed by atoms with Crippen molar-refractivity contribution in [3.05, 3.63) is 39.1 Å². The van der Waals surface area contributed by atoms with Crippen molar-refractivity contribution in [2.24, 2.45) is 7.05 Å². The van der Waals surface area contributed by atoms with Crippen LogP contribution in [0.2, 0.25) is 5.02 Å². The number of sulfonamides is 1. The van der Waals surface area contributed by atoms with E-state index < -0.39 is 10.0 Å². The first kappa shape index (κ1) is 13.6. The largest absolute Gasteiger partial charge is 0.280 e. The molecule has 8 heteroatoms. The predicted octanol–water partition coefficient (Wildman–Crippen LogP) is 2.48. The highest BCUT2D eigenvalue weighted by Gasteiger charge is 2.22. The van der Waals surface area contributed by atoms with Crippen LogP contribution in [-0.4, -0.2) is 18.2 Å². The molecule has 1 N–H and O–H groups in total. The Morgan fingerprint density at radius 1 is 1.33 bits per heavy atom. The Kier molecular flexibility index (Phi) is 3.83. The minimum atomic E-state index is -3.73. The number of benzene rings is 1. The van der Waals surface area contributed by atoms with Crippen molar-refractivity contribution in [1.82, 2.24) is 9.78 Å². The fraction of sp³-hybridized carbons (Fsp3) is 0.100. The molecule has 0 amide bonds. The Labute approximate surface area is 123 Å². The maximum Gasteiger partial charge on any atom is 0.280 e. The summed E-state index contributed by atoms with van der Waals surface area (Å²) in [6.07, 6.45) is 1.30. The molecule has 0 saturated carbocycles. The van der Waals surface area contributed by atoms with Gasteiger partial charge in [-0.25, -0.2) is 0 Å². The van der Waals surface area contributed by atoms with E-state index in [1.807, 2.05) is 12.1 Å². The van der Waals surface area contributed by atoms with Gasteiger partial charge in [-0.15, -0.1) is 0 Å². The normalized spacial score (nSPS) is 11.5. The van der Waals surface area contributed by atoms with Gasteiger partial charge < -0.3 is 0 Å². The van der Waals surface area contributed by atoms with Crippen molar-refractivity contribution in [3.8, 4) is 0 Å². The lowest BCUT2D eigenvalue weighted by molar-refractivity contribution is 0.582. The third-order valence-corrected chi connectivity index (χ3v) is 4.80. The molecule has 0 aliphatic heterocycles. The van der Waals surface area contributed by atoms with E-state index in [4.69, 9.17) is 11.6 Å². The van der Waals surface area contributed by atoms with Crippen LogP contribution < -0.4 is 4.72 Å². The number of anilines is 1. The van der Waals surface area contributed by atoms with E-state index in [1.165, 1.54) is 17.9 Å². The van der Waals surface area contributed by atoms with E-state index in [1.54, 1.807) is 12.1 Å². The molecule has 0 atom stereocenters. The monoisotopic (exact) mass is 397 g/mol. The van der Waals surface area contributed by atoms with Gasteiger partial charge in [-0.3, -0.25) is 9.40 Å². The second-order valence-corrected chi connectivity index (χ2v) is 6.78. The summed E-state index contributed by atoms with van der Waals surface area (Å²) in [4.78, 5) is 0. The highest BCUT2D eigenvalue weighted by atomic mass is 127. The Balaban J connectivity index is 2.36. The molecule has 0 fully saturated rings. The van der Waals surface area contributed by atoms with Gasteiger partial charge in [-0.1, -0.05) is 11.6 Å². The molecule has 5 nitrogen and oxygen atoms in total. The number of hydrogen-bond acceptors (Lipinski definition) is 3. The lowest BCUT2D eigenvalue weighted by atomic mass is 10.3. The Bertz CT molecular complexity index is 647. The molecule has 0 saturated heterocycles. The first-order valence-electron chi connectivity index (χ1n) is 4.86. The van der Waals surface area contributed by atoms with Gasteiger partial charge in [0.25, 0.3) is 10.0 Å². The molecule has 0 aliphatic rings. The number of nitrogens with zero attached hydrogens (tertiary/aromatic N) is 2. The summed E-state index contributed by atoms with van der Waals surface area (Å²) in [6, 6.07) is 6.99. The zero-order valence-corrected chi connectivity index (χ0v) is 13.0. The summed E-state index contributed by atoms with van der Waals surface area (Å²) >= 11 is 7.96. The third kappa shape index (κ3) is 2.78. The first-order valence-corrected chi connectivity index (χ1v) is 7.80. The van der Waals surface area contributed by atoms with Crippen LogP contribution in [0.4, 0.5) is 5.69 Å². The molecule has 18 heavy (non-hydrogen) atoms. The lowest BCUT2D eigenvalue weighted by Crippen LogP contribution is -2.17. The van der Waals surface area contributed by atoms with Crippen molar-refractivity contribution in [3.63, 3.8) is 0 Å². The summed E-state index contributed by atoms with van der Waals surface area (Å²) in [7, 11) is -2.21. The average molecular weight is 398 g/mol. The zero-order valence-electron chi connectivity index (χ0n) is 9.26. The Morgan fingerprint density at radius 3 is 2.44 bits per heavy atom. The van der Waals surface area contributed by atoms with Gasteiger partial charge in [-0.05, 0) is 46.9 Å². The number of hydrogen-bond donors (Lipinski definition) is 1. The molecular weight excluding hydrogens is 389 g/mol. The van der Waals surface area contributed by atoms with Crippen molar-refractivity contribution in [2.45, 2.75) is 5.03 Å². The van der Waals surface area contributed by atoms with Gasteiger partial charge in [0.05, 0.1) is 11.2 Å². The van der Waals surface area contributed by atoms with Crippen LogP contribution in [0.25, 0.3) is 0 Å². The molecular formula is C10H9ClIN3O2S. The van der Waals surface area contributed by atoms with E-state index in [-0.39, 0.29) is 10.0 Å². The van der Waals surface area contributed by atoms with E-state index in [9.17, 15) is 8.42 Å². The summed E-state index contributed by atoms with van der Waals surface area (Å²) in [5, 5.41) is 3.84. The zero-order chi connectivity index (χ0) is 13.3. The van der Waals surface area contributed by atoms with Crippen LogP contribution >= 0.6 is 34.2 Å².